The predicted molar refractivity (Wildman–Crippen MR) is 119 cm³/mol. The molecule has 0 N–H and O–H groups in total. The second-order valence-electron chi connectivity index (χ2n) is 8.75. The van der Waals surface area contributed by atoms with Crippen LogP contribution in [0.5, 0.6) is 0 Å². The lowest BCUT2D eigenvalue weighted by Gasteiger charge is -2.36. The Balaban J connectivity index is 1.37. The molecule has 0 atom stereocenters. The molecule has 0 aliphatic carbocycles. The van der Waals surface area contributed by atoms with Gasteiger partial charge in [0.15, 0.2) is 0 Å². The minimum absolute atomic E-state index is 0.177. The third kappa shape index (κ3) is 7.09. The molecule has 2 fully saturated rings. The van der Waals surface area contributed by atoms with E-state index < -0.39 is 0 Å². The first-order chi connectivity index (χ1) is 14.9. The number of carbonyl (C=O) groups excluding carboxylic acids is 2. The van der Waals surface area contributed by atoms with E-state index in [-0.39, 0.29) is 17.8 Å². The first-order valence-electron chi connectivity index (χ1n) is 11.3. The maximum atomic E-state index is 13.1. The summed E-state index contributed by atoms with van der Waals surface area (Å²) < 4.78 is 18.5. The number of hydrogen-bond acceptors (Lipinski definition) is 5. The molecule has 0 spiro atoms. The Morgan fingerprint density at radius 1 is 0.935 bits per heavy atom. The number of nitrogens with zero attached hydrogens (tertiary/aromatic N) is 4. The van der Waals surface area contributed by atoms with Gasteiger partial charge in [-0.05, 0) is 43.1 Å². The second-order valence-corrected chi connectivity index (χ2v) is 8.75. The fourth-order valence-electron chi connectivity index (χ4n) is 3.98. The zero-order valence-corrected chi connectivity index (χ0v) is 18.8. The van der Waals surface area contributed by atoms with E-state index >= 15 is 0 Å². The molecule has 0 radical (unpaired) electrons. The second kappa shape index (κ2) is 11.3. The fourth-order valence-corrected chi connectivity index (χ4v) is 3.98. The predicted octanol–water partition coefficient (Wildman–Crippen LogP) is 2.66. The SMILES string of the molecule is CC(C)COC(=O)N1CCCN(CCC(=O)N2CCN(c3ccc(F)cc3)CC2)CC1. The van der Waals surface area contributed by atoms with Crippen LogP contribution in [0.1, 0.15) is 26.7 Å². The molecule has 0 bridgehead atoms. The molecule has 1 aromatic carbocycles. The number of ether oxygens (including phenoxy) is 1. The quantitative estimate of drug-likeness (QED) is 0.689. The maximum absolute atomic E-state index is 13.1. The number of hydrogen-bond donors (Lipinski definition) is 0. The van der Waals surface area contributed by atoms with Gasteiger partial charge < -0.3 is 24.3 Å². The first kappa shape index (κ1) is 23.3. The van der Waals surface area contributed by atoms with Crippen LogP contribution in [0, 0.1) is 11.7 Å². The molecule has 8 heteroatoms. The Morgan fingerprint density at radius 3 is 2.29 bits per heavy atom. The van der Waals surface area contributed by atoms with Crippen LogP contribution in [-0.2, 0) is 9.53 Å². The molecule has 1 aromatic rings. The Kier molecular flexibility index (Phi) is 8.51. The summed E-state index contributed by atoms with van der Waals surface area (Å²) in [4.78, 5) is 33.0. The minimum Gasteiger partial charge on any atom is -0.449 e. The fraction of sp³-hybridized carbons (Fsp3) is 0.652. The van der Waals surface area contributed by atoms with Crippen LogP contribution in [0.25, 0.3) is 0 Å². The number of rotatable bonds is 6. The van der Waals surface area contributed by atoms with Gasteiger partial charge in [0.2, 0.25) is 5.91 Å². The van der Waals surface area contributed by atoms with Crippen molar-refractivity contribution in [1.29, 1.82) is 0 Å². The zero-order valence-electron chi connectivity index (χ0n) is 18.8. The highest BCUT2D eigenvalue weighted by molar-refractivity contribution is 5.76. The number of benzene rings is 1. The van der Waals surface area contributed by atoms with Crippen LogP contribution in [0.15, 0.2) is 24.3 Å². The van der Waals surface area contributed by atoms with E-state index in [1.165, 1.54) is 12.1 Å². The van der Waals surface area contributed by atoms with Crippen molar-refractivity contribution in [1.82, 2.24) is 14.7 Å². The Morgan fingerprint density at radius 2 is 1.61 bits per heavy atom. The van der Waals surface area contributed by atoms with Gasteiger partial charge in [0.05, 0.1) is 6.61 Å². The number of anilines is 1. The average molecular weight is 435 g/mol. The molecule has 2 saturated heterocycles. The highest BCUT2D eigenvalue weighted by atomic mass is 19.1. The van der Waals surface area contributed by atoms with E-state index in [0.717, 1.165) is 38.3 Å². The number of halogens is 1. The molecule has 2 aliphatic rings. The van der Waals surface area contributed by atoms with Gasteiger partial charge in [-0.2, -0.15) is 0 Å². The molecule has 3 rings (SSSR count). The summed E-state index contributed by atoms with van der Waals surface area (Å²) in [5.74, 6) is 0.272. The van der Waals surface area contributed by atoms with Gasteiger partial charge in [0.25, 0.3) is 0 Å². The minimum atomic E-state index is -0.235. The number of piperazine rings is 1. The van der Waals surface area contributed by atoms with E-state index in [0.29, 0.717) is 51.7 Å². The van der Waals surface area contributed by atoms with Crippen molar-refractivity contribution in [3.05, 3.63) is 30.1 Å². The van der Waals surface area contributed by atoms with Crippen molar-refractivity contribution < 1.29 is 18.7 Å². The van der Waals surface area contributed by atoms with Crippen LogP contribution in [0.3, 0.4) is 0 Å². The van der Waals surface area contributed by atoms with Crippen LogP contribution < -0.4 is 4.90 Å². The molecular weight excluding hydrogens is 399 g/mol. The van der Waals surface area contributed by atoms with Crippen molar-refractivity contribution in [3.63, 3.8) is 0 Å². The molecule has 0 saturated carbocycles. The van der Waals surface area contributed by atoms with Gasteiger partial charge in [-0.3, -0.25) is 4.79 Å². The van der Waals surface area contributed by atoms with E-state index in [1.54, 1.807) is 17.0 Å². The smallest absolute Gasteiger partial charge is 0.409 e. The highest BCUT2D eigenvalue weighted by Gasteiger charge is 2.24. The lowest BCUT2D eigenvalue weighted by Crippen LogP contribution is -2.49. The third-order valence-corrected chi connectivity index (χ3v) is 5.85. The topological polar surface area (TPSA) is 56.3 Å². The lowest BCUT2D eigenvalue weighted by atomic mass is 10.2. The summed E-state index contributed by atoms with van der Waals surface area (Å²) in [6.45, 7) is 11.1. The van der Waals surface area contributed by atoms with Gasteiger partial charge in [0, 0.05) is 64.5 Å². The molecule has 2 heterocycles. The zero-order chi connectivity index (χ0) is 22.2. The molecule has 31 heavy (non-hydrogen) atoms. The molecule has 0 aromatic heterocycles. The van der Waals surface area contributed by atoms with E-state index in [1.807, 2.05) is 18.7 Å². The summed E-state index contributed by atoms with van der Waals surface area (Å²) in [7, 11) is 0. The maximum Gasteiger partial charge on any atom is 0.409 e. The summed E-state index contributed by atoms with van der Waals surface area (Å²) in [6, 6.07) is 6.51. The van der Waals surface area contributed by atoms with Gasteiger partial charge in [-0.1, -0.05) is 13.8 Å². The summed E-state index contributed by atoms with van der Waals surface area (Å²) in [6.07, 6.45) is 1.15. The lowest BCUT2D eigenvalue weighted by molar-refractivity contribution is -0.131. The van der Waals surface area contributed by atoms with Crippen molar-refractivity contribution in [3.8, 4) is 0 Å². The standard InChI is InChI=1S/C23H35FN4O3/c1-19(2)18-31-23(30)28-10-3-9-25(12-13-28)11-8-22(29)27-16-14-26(15-17-27)21-6-4-20(24)5-7-21/h4-7,19H,3,8-18H2,1-2H3. The summed E-state index contributed by atoms with van der Waals surface area (Å²) >= 11 is 0. The van der Waals surface area contributed by atoms with Crippen LogP contribution in [0.4, 0.5) is 14.9 Å². The largest absolute Gasteiger partial charge is 0.449 e. The van der Waals surface area contributed by atoms with Gasteiger partial charge in [-0.25, -0.2) is 9.18 Å². The first-order valence-corrected chi connectivity index (χ1v) is 11.3. The molecule has 0 unspecified atom stereocenters. The van der Waals surface area contributed by atoms with Crippen molar-refractivity contribution in [2.75, 3.05) is 70.4 Å². The van der Waals surface area contributed by atoms with E-state index in [4.69, 9.17) is 4.74 Å². The molecular formula is C23H35FN4O3. The van der Waals surface area contributed by atoms with E-state index in [9.17, 15) is 14.0 Å². The van der Waals surface area contributed by atoms with E-state index in [2.05, 4.69) is 9.80 Å². The number of carbonyl (C=O) groups is 2. The Hall–Kier alpha value is -2.35. The third-order valence-electron chi connectivity index (χ3n) is 5.85. The molecule has 2 amide bonds. The average Bonchev–Trinajstić information content (AvgIpc) is 3.02. The molecule has 172 valence electrons. The Bertz CT molecular complexity index is 720. The van der Waals surface area contributed by atoms with Crippen LogP contribution in [-0.4, -0.2) is 92.2 Å². The monoisotopic (exact) mass is 434 g/mol. The summed E-state index contributed by atoms with van der Waals surface area (Å²) in [5.41, 5.74) is 0.995. The molecule has 7 nitrogen and oxygen atoms in total. The number of amides is 2. The van der Waals surface area contributed by atoms with Crippen molar-refractivity contribution in [2.45, 2.75) is 26.7 Å². The summed E-state index contributed by atoms with van der Waals surface area (Å²) in [5, 5.41) is 0. The Labute approximate surface area is 184 Å². The van der Waals surface area contributed by atoms with Gasteiger partial charge >= 0.3 is 6.09 Å². The van der Waals surface area contributed by atoms with Gasteiger partial charge in [0.1, 0.15) is 5.82 Å². The van der Waals surface area contributed by atoms with Crippen LogP contribution in [0.2, 0.25) is 0 Å². The molecule has 2 aliphatic heterocycles. The van der Waals surface area contributed by atoms with Crippen LogP contribution >= 0.6 is 0 Å². The normalized spacial score (nSPS) is 18.3. The van der Waals surface area contributed by atoms with Gasteiger partial charge in [-0.15, -0.1) is 0 Å². The highest BCUT2D eigenvalue weighted by Crippen LogP contribution is 2.17. The van der Waals surface area contributed by atoms with Crippen molar-refractivity contribution >= 4 is 17.7 Å². The van der Waals surface area contributed by atoms with Crippen molar-refractivity contribution in [2.24, 2.45) is 5.92 Å².